The molecule has 0 atom stereocenters. The Labute approximate surface area is 125 Å². The van der Waals surface area contributed by atoms with Crippen LogP contribution in [-0.4, -0.2) is 32.1 Å². The van der Waals surface area contributed by atoms with E-state index >= 15 is 0 Å². The molecule has 0 aliphatic carbocycles. The number of thiazole rings is 1. The minimum Gasteiger partial charge on any atom is -0.358 e. The van der Waals surface area contributed by atoms with E-state index in [2.05, 4.69) is 10.3 Å². The normalized spacial score (nSPS) is 11.3. The van der Waals surface area contributed by atoms with Crippen LogP contribution < -0.4 is 5.32 Å². The smallest absolute Gasteiger partial charge is 0.234 e. The van der Waals surface area contributed by atoms with Gasteiger partial charge in [-0.3, -0.25) is 4.79 Å². The molecule has 0 saturated carbocycles. The molecular formula is C13H13FN2O3S2. The van der Waals surface area contributed by atoms with Gasteiger partial charge >= 0.3 is 0 Å². The first-order valence-electron chi connectivity index (χ1n) is 6.01. The SMILES string of the molecule is CNC(=O)CS(=O)(=O)Cc1csc(-c2ccccc2F)n1. The van der Waals surface area contributed by atoms with E-state index in [0.29, 0.717) is 16.3 Å². The van der Waals surface area contributed by atoms with Crippen LogP contribution in [0.5, 0.6) is 0 Å². The third-order valence-corrected chi connectivity index (χ3v) is 5.02. The summed E-state index contributed by atoms with van der Waals surface area (Å²) in [4.78, 5) is 15.3. The van der Waals surface area contributed by atoms with Gasteiger partial charge in [-0.05, 0) is 12.1 Å². The summed E-state index contributed by atoms with van der Waals surface area (Å²) in [6.07, 6.45) is 0. The number of hydrogen-bond donors (Lipinski definition) is 1. The number of aromatic nitrogens is 1. The predicted octanol–water partition coefficient (Wildman–Crippen LogP) is 1.61. The Morgan fingerprint density at radius 2 is 2.10 bits per heavy atom. The van der Waals surface area contributed by atoms with Gasteiger partial charge in [0.1, 0.15) is 16.6 Å². The number of benzene rings is 1. The molecule has 5 nitrogen and oxygen atoms in total. The number of amides is 1. The highest BCUT2D eigenvalue weighted by Crippen LogP contribution is 2.26. The average molecular weight is 328 g/mol. The minimum atomic E-state index is -3.59. The fourth-order valence-electron chi connectivity index (χ4n) is 1.68. The first-order valence-corrected chi connectivity index (χ1v) is 8.71. The Morgan fingerprint density at radius 1 is 1.38 bits per heavy atom. The zero-order chi connectivity index (χ0) is 15.5. The Hall–Kier alpha value is -1.80. The monoisotopic (exact) mass is 328 g/mol. The summed E-state index contributed by atoms with van der Waals surface area (Å²) < 4.78 is 37.3. The summed E-state index contributed by atoms with van der Waals surface area (Å²) in [5.41, 5.74) is 0.639. The van der Waals surface area contributed by atoms with Crippen molar-refractivity contribution in [3.05, 3.63) is 41.2 Å². The van der Waals surface area contributed by atoms with Crippen LogP contribution in [0, 0.1) is 5.82 Å². The lowest BCUT2D eigenvalue weighted by Crippen LogP contribution is -2.27. The lowest BCUT2D eigenvalue weighted by Gasteiger charge is -2.01. The fourth-order valence-corrected chi connectivity index (χ4v) is 3.88. The molecule has 0 saturated heterocycles. The summed E-state index contributed by atoms with van der Waals surface area (Å²) >= 11 is 1.17. The number of carbonyl (C=O) groups is 1. The van der Waals surface area contributed by atoms with E-state index in [4.69, 9.17) is 0 Å². The third-order valence-electron chi connectivity index (χ3n) is 2.65. The molecule has 0 aliphatic rings. The van der Waals surface area contributed by atoms with E-state index in [9.17, 15) is 17.6 Å². The molecule has 2 aromatic rings. The standard InChI is InChI=1S/C13H13FN2O3S2/c1-15-12(17)8-21(18,19)7-9-6-20-13(16-9)10-4-2-3-5-11(10)14/h2-6H,7-8H2,1H3,(H,15,17). The number of halogens is 1. The molecule has 1 heterocycles. The molecule has 0 bridgehead atoms. The third kappa shape index (κ3) is 4.08. The highest BCUT2D eigenvalue weighted by atomic mass is 32.2. The highest BCUT2D eigenvalue weighted by molar-refractivity contribution is 7.91. The van der Waals surface area contributed by atoms with Crippen LogP contribution in [0.4, 0.5) is 4.39 Å². The molecule has 0 aliphatic heterocycles. The van der Waals surface area contributed by atoms with Crippen LogP contribution >= 0.6 is 11.3 Å². The molecule has 1 aromatic heterocycles. The summed E-state index contributed by atoms with van der Waals surface area (Å²) in [5.74, 6) is -1.91. The molecule has 8 heteroatoms. The van der Waals surface area contributed by atoms with Crippen LogP contribution in [0.15, 0.2) is 29.6 Å². The van der Waals surface area contributed by atoms with E-state index in [-0.39, 0.29) is 5.75 Å². The van der Waals surface area contributed by atoms with Crippen molar-refractivity contribution in [2.24, 2.45) is 0 Å². The molecule has 0 fully saturated rings. The summed E-state index contributed by atoms with van der Waals surface area (Å²) in [6, 6.07) is 6.15. The van der Waals surface area contributed by atoms with Crippen LogP contribution in [0.3, 0.4) is 0 Å². The predicted molar refractivity (Wildman–Crippen MR) is 79.1 cm³/mol. The second-order valence-corrected chi connectivity index (χ2v) is 7.25. The molecule has 1 amide bonds. The second kappa shape index (κ2) is 6.31. The second-order valence-electron chi connectivity index (χ2n) is 4.33. The first-order chi connectivity index (χ1) is 9.91. The van der Waals surface area contributed by atoms with Gasteiger partial charge in [0.15, 0.2) is 9.84 Å². The molecule has 1 aromatic carbocycles. The van der Waals surface area contributed by atoms with Gasteiger partial charge in [-0.15, -0.1) is 11.3 Å². The quantitative estimate of drug-likeness (QED) is 0.905. The molecule has 2 rings (SSSR count). The van der Waals surface area contributed by atoms with E-state index in [1.54, 1.807) is 23.6 Å². The Bertz CT molecular complexity index is 756. The number of nitrogens with one attached hydrogen (secondary N) is 1. The summed E-state index contributed by atoms with van der Waals surface area (Å²) in [5, 5.41) is 4.23. The maximum absolute atomic E-state index is 13.6. The molecule has 112 valence electrons. The molecule has 0 unspecified atom stereocenters. The van der Waals surface area contributed by atoms with Crippen molar-refractivity contribution in [3.8, 4) is 10.6 Å². The lowest BCUT2D eigenvalue weighted by atomic mass is 10.2. The van der Waals surface area contributed by atoms with Gasteiger partial charge in [-0.25, -0.2) is 17.8 Å². The van der Waals surface area contributed by atoms with E-state index in [1.807, 2.05) is 0 Å². The number of rotatable bonds is 5. The summed E-state index contributed by atoms with van der Waals surface area (Å²) in [7, 11) is -2.21. The van der Waals surface area contributed by atoms with Gasteiger partial charge in [0.25, 0.3) is 0 Å². The van der Waals surface area contributed by atoms with Gasteiger partial charge in [0.05, 0.1) is 11.4 Å². The van der Waals surface area contributed by atoms with Crippen molar-refractivity contribution in [3.63, 3.8) is 0 Å². The maximum atomic E-state index is 13.6. The molecule has 21 heavy (non-hydrogen) atoms. The van der Waals surface area contributed by atoms with E-state index < -0.39 is 27.3 Å². The van der Waals surface area contributed by atoms with Crippen molar-refractivity contribution in [1.82, 2.24) is 10.3 Å². The highest BCUT2D eigenvalue weighted by Gasteiger charge is 2.19. The van der Waals surface area contributed by atoms with Crippen molar-refractivity contribution in [1.29, 1.82) is 0 Å². The lowest BCUT2D eigenvalue weighted by molar-refractivity contribution is -0.118. The Kier molecular flexibility index (Phi) is 4.69. The van der Waals surface area contributed by atoms with Crippen LogP contribution in [0.1, 0.15) is 5.69 Å². The van der Waals surface area contributed by atoms with Crippen molar-refractivity contribution >= 4 is 27.1 Å². The van der Waals surface area contributed by atoms with Crippen LogP contribution in [-0.2, 0) is 20.4 Å². The maximum Gasteiger partial charge on any atom is 0.234 e. The molecule has 1 N–H and O–H groups in total. The zero-order valence-electron chi connectivity index (χ0n) is 11.2. The van der Waals surface area contributed by atoms with Gasteiger partial charge < -0.3 is 5.32 Å². The molecular weight excluding hydrogens is 315 g/mol. The van der Waals surface area contributed by atoms with Crippen molar-refractivity contribution < 1.29 is 17.6 Å². The largest absolute Gasteiger partial charge is 0.358 e. The van der Waals surface area contributed by atoms with Crippen molar-refractivity contribution in [2.45, 2.75) is 5.75 Å². The topological polar surface area (TPSA) is 76.1 Å². The number of sulfone groups is 1. The Morgan fingerprint density at radius 3 is 2.76 bits per heavy atom. The Balaban J connectivity index is 2.18. The van der Waals surface area contributed by atoms with Gasteiger partial charge in [0, 0.05) is 18.0 Å². The molecule has 0 radical (unpaired) electrons. The number of carbonyl (C=O) groups excluding carboxylic acids is 1. The number of nitrogens with zero attached hydrogens (tertiary/aromatic N) is 1. The fraction of sp³-hybridized carbons (Fsp3) is 0.231. The van der Waals surface area contributed by atoms with Crippen LogP contribution in [0.2, 0.25) is 0 Å². The van der Waals surface area contributed by atoms with Crippen molar-refractivity contribution in [2.75, 3.05) is 12.8 Å². The van der Waals surface area contributed by atoms with Gasteiger partial charge in [-0.2, -0.15) is 0 Å². The van der Waals surface area contributed by atoms with Crippen LogP contribution in [0.25, 0.3) is 10.6 Å². The van der Waals surface area contributed by atoms with Gasteiger partial charge in [-0.1, -0.05) is 12.1 Å². The molecule has 0 spiro atoms. The number of hydrogen-bond acceptors (Lipinski definition) is 5. The first kappa shape index (κ1) is 15.6. The van der Waals surface area contributed by atoms with E-state index in [1.165, 1.54) is 24.5 Å². The minimum absolute atomic E-state index is 0.308. The zero-order valence-corrected chi connectivity index (χ0v) is 12.8. The average Bonchev–Trinajstić information content (AvgIpc) is 2.86. The van der Waals surface area contributed by atoms with Gasteiger partial charge in [0.2, 0.25) is 5.91 Å². The van der Waals surface area contributed by atoms with E-state index in [0.717, 1.165) is 0 Å². The summed E-state index contributed by atoms with van der Waals surface area (Å²) in [6.45, 7) is 0.